The zero-order chi connectivity index (χ0) is 28.2. The van der Waals surface area contributed by atoms with Gasteiger partial charge in [-0.15, -0.1) is 0 Å². The second-order valence-electron chi connectivity index (χ2n) is 9.95. The standard InChI is InChI=1S/C28H38N4O6/c1-17(2)14-22(25(29)34)30-26(35)23(15-19-10-12-21(33)13-11-19)31-27(36)24(18(3)4)32-28(37)38-16-20-8-6-5-7-9-20/h5-13,17-18,22-24,33H,14-16H2,1-4H3,(H2,29,34)(H,30,35)(H,31,36)(H,32,37)/t22-,23+,24+/m1/s1. The Morgan fingerprint density at radius 1 is 0.816 bits per heavy atom. The molecular weight excluding hydrogens is 488 g/mol. The van der Waals surface area contributed by atoms with E-state index < -0.39 is 41.9 Å². The van der Waals surface area contributed by atoms with Crippen LogP contribution in [0, 0.1) is 11.8 Å². The Morgan fingerprint density at radius 2 is 1.42 bits per heavy atom. The van der Waals surface area contributed by atoms with E-state index in [9.17, 15) is 24.3 Å². The molecule has 38 heavy (non-hydrogen) atoms. The number of nitrogens with one attached hydrogen (secondary N) is 3. The molecule has 0 radical (unpaired) electrons. The minimum absolute atomic E-state index is 0.0371. The van der Waals surface area contributed by atoms with E-state index in [-0.39, 0.29) is 30.6 Å². The van der Waals surface area contributed by atoms with Crippen molar-refractivity contribution in [2.75, 3.05) is 0 Å². The fourth-order valence-corrected chi connectivity index (χ4v) is 3.76. The normalized spacial score (nSPS) is 13.3. The van der Waals surface area contributed by atoms with E-state index >= 15 is 0 Å². The molecule has 206 valence electrons. The molecule has 0 spiro atoms. The van der Waals surface area contributed by atoms with Crippen molar-refractivity contribution >= 4 is 23.8 Å². The highest BCUT2D eigenvalue weighted by Gasteiger charge is 2.31. The molecule has 0 aliphatic heterocycles. The molecule has 0 aromatic heterocycles. The van der Waals surface area contributed by atoms with Crippen LogP contribution in [0.15, 0.2) is 54.6 Å². The van der Waals surface area contributed by atoms with Crippen LogP contribution in [0.4, 0.5) is 4.79 Å². The summed E-state index contributed by atoms with van der Waals surface area (Å²) >= 11 is 0. The first-order valence-corrected chi connectivity index (χ1v) is 12.6. The van der Waals surface area contributed by atoms with Gasteiger partial charge in [0.25, 0.3) is 0 Å². The van der Waals surface area contributed by atoms with Crippen LogP contribution >= 0.6 is 0 Å². The van der Waals surface area contributed by atoms with E-state index in [0.717, 1.165) is 5.56 Å². The second-order valence-corrected chi connectivity index (χ2v) is 9.95. The summed E-state index contributed by atoms with van der Waals surface area (Å²) in [7, 11) is 0. The lowest BCUT2D eigenvalue weighted by molar-refractivity contribution is -0.132. The lowest BCUT2D eigenvalue weighted by Crippen LogP contribution is -2.58. The highest BCUT2D eigenvalue weighted by molar-refractivity contribution is 5.93. The molecule has 4 amide bonds. The van der Waals surface area contributed by atoms with E-state index in [1.54, 1.807) is 26.0 Å². The van der Waals surface area contributed by atoms with Gasteiger partial charge >= 0.3 is 6.09 Å². The van der Waals surface area contributed by atoms with E-state index in [1.807, 2.05) is 44.2 Å². The number of primary amides is 1. The number of carbonyl (C=O) groups excluding carboxylic acids is 4. The maximum Gasteiger partial charge on any atom is 0.408 e. The third-order valence-corrected chi connectivity index (χ3v) is 5.81. The van der Waals surface area contributed by atoms with E-state index in [4.69, 9.17) is 10.5 Å². The van der Waals surface area contributed by atoms with Crippen LogP contribution in [-0.4, -0.2) is 47.0 Å². The first-order valence-electron chi connectivity index (χ1n) is 12.6. The van der Waals surface area contributed by atoms with Gasteiger partial charge in [-0.05, 0) is 41.5 Å². The van der Waals surface area contributed by atoms with Crippen molar-refractivity contribution in [3.63, 3.8) is 0 Å². The van der Waals surface area contributed by atoms with Crippen LogP contribution in [0.25, 0.3) is 0 Å². The summed E-state index contributed by atoms with van der Waals surface area (Å²) < 4.78 is 5.25. The molecule has 3 atom stereocenters. The van der Waals surface area contributed by atoms with Crippen molar-refractivity contribution in [1.82, 2.24) is 16.0 Å². The Hall–Kier alpha value is -4.08. The summed E-state index contributed by atoms with van der Waals surface area (Å²) in [5.74, 6) is -2.03. The predicted molar refractivity (Wildman–Crippen MR) is 143 cm³/mol. The highest BCUT2D eigenvalue weighted by atomic mass is 16.5. The number of nitrogens with two attached hydrogens (primary N) is 1. The van der Waals surface area contributed by atoms with Crippen LogP contribution in [0.1, 0.15) is 45.2 Å². The fraction of sp³-hybridized carbons (Fsp3) is 0.429. The molecule has 0 bridgehead atoms. The first-order chi connectivity index (χ1) is 18.0. The van der Waals surface area contributed by atoms with Crippen LogP contribution < -0.4 is 21.7 Å². The van der Waals surface area contributed by atoms with Crippen LogP contribution in [-0.2, 0) is 32.1 Å². The summed E-state index contributed by atoms with van der Waals surface area (Å²) in [5.41, 5.74) is 6.95. The molecule has 0 heterocycles. The van der Waals surface area contributed by atoms with Gasteiger partial charge in [0.05, 0.1) is 0 Å². The lowest BCUT2D eigenvalue weighted by atomic mass is 9.99. The average molecular weight is 527 g/mol. The molecule has 2 aromatic rings. The summed E-state index contributed by atoms with van der Waals surface area (Å²) in [5, 5.41) is 17.5. The van der Waals surface area contributed by atoms with Gasteiger partial charge in [0, 0.05) is 6.42 Å². The Labute approximate surface area is 223 Å². The number of hydrogen-bond acceptors (Lipinski definition) is 6. The molecule has 0 unspecified atom stereocenters. The molecular formula is C28H38N4O6. The smallest absolute Gasteiger partial charge is 0.408 e. The van der Waals surface area contributed by atoms with Gasteiger partial charge in [-0.3, -0.25) is 14.4 Å². The topological polar surface area (TPSA) is 160 Å². The summed E-state index contributed by atoms with van der Waals surface area (Å²) in [4.78, 5) is 50.8. The Morgan fingerprint density at radius 3 is 1.97 bits per heavy atom. The predicted octanol–water partition coefficient (Wildman–Crippen LogP) is 2.39. The first kappa shape index (κ1) is 30.1. The number of alkyl carbamates (subject to hydrolysis) is 1. The molecule has 10 heteroatoms. The van der Waals surface area contributed by atoms with Crippen LogP contribution in [0.2, 0.25) is 0 Å². The minimum atomic E-state index is -1.08. The molecule has 2 rings (SSSR count). The maximum absolute atomic E-state index is 13.3. The molecule has 0 aliphatic carbocycles. The van der Waals surface area contributed by atoms with Crippen molar-refractivity contribution in [2.24, 2.45) is 17.6 Å². The summed E-state index contributed by atoms with van der Waals surface area (Å²) in [6, 6.07) is 12.3. The van der Waals surface area contributed by atoms with Gasteiger partial charge < -0.3 is 31.5 Å². The number of hydrogen-bond donors (Lipinski definition) is 5. The van der Waals surface area contributed by atoms with Crippen molar-refractivity contribution in [2.45, 2.75) is 65.3 Å². The third-order valence-electron chi connectivity index (χ3n) is 5.81. The number of carbonyl (C=O) groups is 4. The second kappa shape index (κ2) is 14.6. The van der Waals surface area contributed by atoms with Gasteiger partial charge in [0.15, 0.2) is 0 Å². The van der Waals surface area contributed by atoms with E-state index in [2.05, 4.69) is 16.0 Å². The number of phenolic OH excluding ortho intramolecular Hbond substituents is 1. The summed E-state index contributed by atoms with van der Waals surface area (Å²) in [6.07, 6.45) is -0.355. The van der Waals surface area contributed by atoms with Crippen molar-refractivity contribution in [3.05, 3.63) is 65.7 Å². The number of rotatable bonds is 13. The van der Waals surface area contributed by atoms with Crippen molar-refractivity contribution in [3.8, 4) is 5.75 Å². The van der Waals surface area contributed by atoms with Crippen LogP contribution in [0.3, 0.4) is 0 Å². The third kappa shape index (κ3) is 10.1. The number of benzene rings is 2. The summed E-state index contributed by atoms with van der Waals surface area (Å²) in [6.45, 7) is 7.33. The number of phenols is 1. The lowest BCUT2D eigenvalue weighted by Gasteiger charge is -2.26. The molecule has 0 fully saturated rings. The highest BCUT2D eigenvalue weighted by Crippen LogP contribution is 2.13. The zero-order valence-electron chi connectivity index (χ0n) is 22.3. The fourth-order valence-electron chi connectivity index (χ4n) is 3.76. The van der Waals surface area contributed by atoms with Gasteiger partial charge in [0.2, 0.25) is 17.7 Å². The van der Waals surface area contributed by atoms with E-state index in [0.29, 0.717) is 12.0 Å². The molecule has 2 aromatic carbocycles. The average Bonchev–Trinajstić information content (AvgIpc) is 2.86. The van der Waals surface area contributed by atoms with Crippen LogP contribution in [0.5, 0.6) is 5.75 Å². The largest absolute Gasteiger partial charge is 0.508 e. The monoisotopic (exact) mass is 526 g/mol. The Kier molecular flexibility index (Phi) is 11.6. The number of ether oxygens (including phenoxy) is 1. The molecule has 0 saturated heterocycles. The van der Waals surface area contributed by atoms with Crippen molar-refractivity contribution in [1.29, 1.82) is 0 Å². The van der Waals surface area contributed by atoms with E-state index in [1.165, 1.54) is 12.1 Å². The van der Waals surface area contributed by atoms with Gasteiger partial charge in [-0.2, -0.15) is 0 Å². The minimum Gasteiger partial charge on any atom is -0.508 e. The van der Waals surface area contributed by atoms with Gasteiger partial charge in [-0.1, -0.05) is 70.2 Å². The van der Waals surface area contributed by atoms with Crippen molar-refractivity contribution < 1.29 is 29.0 Å². The Bertz CT molecular complexity index is 1070. The van der Waals surface area contributed by atoms with Gasteiger partial charge in [-0.25, -0.2) is 4.79 Å². The molecule has 0 aliphatic rings. The SMILES string of the molecule is CC(C)C[C@@H](NC(=O)[C@H](Cc1ccc(O)cc1)NC(=O)[C@@H](NC(=O)OCc1ccccc1)C(C)C)C(N)=O. The molecule has 6 N–H and O–H groups in total. The quantitative estimate of drug-likeness (QED) is 0.269. The molecule has 10 nitrogen and oxygen atoms in total. The molecule has 0 saturated carbocycles. The zero-order valence-corrected chi connectivity index (χ0v) is 22.3. The van der Waals surface area contributed by atoms with Gasteiger partial charge in [0.1, 0.15) is 30.5 Å². The number of aromatic hydroxyl groups is 1. The number of amides is 4. The Balaban J connectivity index is 2.16. The maximum atomic E-state index is 13.3.